The zero-order valence-corrected chi connectivity index (χ0v) is 8.85. The molecule has 0 spiro atoms. The molecule has 0 atom stereocenters. The number of rotatable bonds is 4. The van der Waals surface area contributed by atoms with Crippen molar-refractivity contribution in [3.05, 3.63) is 54.1 Å². The van der Waals surface area contributed by atoms with Gasteiger partial charge in [-0.2, -0.15) is 0 Å². The zero-order chi connectivity index (χ0) is 10.5. The van der Waals surface area contributed by atoms with Crippen LogP contribution in [0.15, 0.2) is 42.9 Å². The van der Waals surface area contributed by atoms with Crippen LogP contribution in [0.2, 0.25) is 0 Å². The van der Waals surface area contributed by atoms with Gasteiger partial charge in [0.2, 0.25) is 0 Å². The molecule has 0 aliphatic heterocycles. The van der Waals surface area contributed by atoms with Gasteiger partial charge in [-0.3, -0.25) is 4.98 Å². The van der Waals surface area contributed by atoms with E-state index < -0.39 is 0 Å². The fourth-order valence-electron chi connectivity index (χ4n) is 1.52. The number of aryl methyl sites for hydroxylation is 1. The smallest absolute Gasteiger partial charge is 0.0362 e. The van der Waals surface area contributed by atoms with Gasteiger partial charge in [0.25, 0.3) is 0 Å². The Kier molecular flexibility index (Phi) is 3.15. The topological polar surface area (TPSA) is 29.9 Å². The van der Waals surface area contributed by atoms with E-state index in [4.69, 9.17) is 0 Å². The highest BCUT2D eigenvalue weighted by molar-refractivity contribution is 5.09. The van der Waals surface area contributed by atoms with Crippen molar-refractivity contribution in [2.24, 2.45) is 7.05 Å². The highest BCUT2D eigenvalue weighted by Crippen LogP contribution is 2.00. The second kappa shape index (κ2) is 4.75. The molecule has 0 aliphatic carbocycles. The minimum atomic E-state index is 0.860. The van der Waals surface area contributed by atoms with E-state index in [9.17, 15) is 0 Å². The van der Waals surface area contributed by atoms with Gasteiger partial charge in [0.05, 0.1) is 0 Å². The molecule has 2 heterocycles. The molecule has 15 heavy (non-hydrogen) atoms. The lowest BCUT2D eigenvalue weighted by Gasteiger charge is -2.05. The van der Waals surface area contributed by atoms with Crippen LogP contribution in [0, 0.1) is 0 Å². The standard InChI is InChI=1S/C12H15N3/c1-15-7-3-5-12(15)10-14-9-11-4-2-6-13-8-11/h2-8,14H,9-10H2,1H3. The van der Waals surface area contributed by atoms with Crippen molar-refractivity contribution in [2.75, 3.05) is 0 Å². The van der Waals surface area contributed by atoms with Crippen LogP contribution < -0.4 is 5.32 Å². The monoisotopic (exact) mass is 201 g/mol. The van der Waals surface area contributed by atoms with E-state index >= 15 is 0 Å². The van der Waals surface area contributed by atoms with Crippen molar-refractivity contribution in [1.29, 1.82) is 0 Å². The number of hydrogen-bond acceptors (Lipinski definition) is 2. The number of hydrogen-bond donors (Lipinski definition) is 1. The van der Waals surface area contributed by atoms with Crippen molar-refractivity contribution in [1.82, 2.24) is 14.9 Å². The van der Waals surface area contributed by atoms with E-state index in [0.29, 0.717) is 0 Å². The summed E-state index contributed by atoms with van der Waals surface area (Å²) in [5, 5.41) is 3.38. The summed E-state index contributed by atoms with van der Waals surface area (Å²) in [6.45, 7) is 1.75. The third-order valence-electron chi connectivity index (χ3n) is 2.41. The maximum absolute atomic E-state index is 4.07. The van der Waals surface area contributed by atoms with Crippen molar-refractivity contribution in [3.8, 4) is 0 Å². The summed E-state index contributed by atoms with van der Waals surface area (Å²) in [5.74, 6) is 0. The predicted octanol–water partition coefficient (Wildman–Crippen LogP) is 1.71. The van der Waals surface area contributed by atoms with Crippen LogP contribution in [0.1, 0.15) is 11.3 Å². The van der Waals surface area contributed by atoms with Gasteiger partial charge in [0, 0.05) is 44.4 Å². The van der Waals surface area contributed by atoms with Crippen LogP contribution in [0.5, 0.6) is 0 Å². The SMILES string of the molecule is Cn1cccc1CNCc1cccnc1. The molecule has 2 aromatic rings. The molecule has 0 aromatic carbocycles. The molecule has 0 bridgehead atoms. The first-order valence-corrected chi connectivity index (χ1v) is 5.06. The Bertz CT molecular complexity index is 406. The van der Waals surface area contributed by atoms with Gasteiger partial charge in [0.15, 0.2) is 0 Å². The van der Waals surface area contributed by atoms with Crippen LogP contribution in [0.3, 0.4) is 0 Å². The fraction of sp³-hybridized carbons (Fsp3) is 0.250. The molecule has 3 heteroatoms. The lowest BCUT2D eigenvalue weighted by atomic mass is 10.3. The van der Waals surface area contributed by atoms with Crippen molar-refractivity contribution < 1.29 is 0 Å². The molecule has 0 saturated heterocycles. The summed E-state index contributed by atoms with van der Waals surface area (Å²) in [7, 11) is 2.06. The average Bonchev–Trinajstić information content (AvgIpc) is 2.66. The molecular formula is C12H15N3. The van der Waals surface area contributed by atoms with Crippen molar-refractivity contribution >= 4 is 0 Å². The van der Waals surface area contributed by atoms with Gasteiger partial charge >= 0.3 is 0 Å². The Morgan fingerprint density at radius 2 is 2.20 bits per heavy atom. The van der Waals surface area contributed by atoms with Crippen molar-refractivity contribution in [2.45, 2.75) is 13.1 Å². The second-order valence-corrected chi connectivity index (χ2v) is 3.58. The number of pyridine rings is 1. The molecule has 0 amide bonds. The quantitative estimate of drug-likeness (QED) is 0.816. The summed E-state index contributed by atoms with van der Waals surface area (Å²) in [6, 6.07) is 8.21. The van der Waals surface area contributed by atoms with Gasteiger partial charge in [-0.05, 0) is 23.8 Å². The van der Waals surface area contributed by atoms with Gasteiger partial charge in [0.1, 0.15) is 0 Å². The zero-order valence-electron chi connectivity index (χ0n) is 8.85. The molecule has 3 nitrogen and oxygen atoms in total. The first-order chi connectivity index (χ1) is 7.36. The maximum atomic E-state index is 4.07. The Hall–Kier alpha value is -1.61. The number of nitrogens with one attached hydrogen (secondary N) is 1. The van der Waals surface area contributed by atoms with E-state index in [2.05, 4.69) is 46.3 Å². The molecule has 78 valence electrons. The van der Waals surface area contributed by atoms with E-state index in [0.717, 1.165) is 13.1 Å². The minimum absolute atomic E-state index is 0.860. The summed E-state index contributed by atoms with van der Waals surface area (Å²) >= 11 is 0. The second-order valence-electron chi connectivity index (χ2n) is 3.58. The average molecular weight is 201 g/mol. The number of aromatic nitrogens is 2. The molecule has 0 fully saturated rings. The highest BCUT2D eigenvalue weighted by Gasteiger charge is 1.96. The van der Waals surface area contributed by atoms with Crippen molar-refractivity contribution in [3.63, 3.8) is 0 Å². The number of nitrogens with zero attached hydrogens (tertiary/aromatic N) is 2. The van der Waals surface area contributed by atoms with Gasteiger partial charge in [-0.25, -0.2) is 0 Å². The van der Waals surface area contributed by atoms with Crippen LogP contribution in [0.4, 0.5) is 0 Å². The molecular weight excluding hydrogens is 186 g/mol. The van der Waals surface area contributed by atoms with Crippen LogP contribution in [-0.2, 0) is 20.1 Å². The summed E-state index contributed by atoms with van der Waals surface area (Å²) in [6.07, 6.45) is 5.74. The fourth-order valence-corrected chi connectivity index (χ4v) is 1.52. The first-order valence-electron chi connectivity index (χ1n) is 5.06. The Labute approximate surface area is 89.8 Å². The Morgan fingerprint density at radius 3 is 2.87 bits per heavy atom. The molecule has 1 N–H and O–H groups in total. The summed E-state index contributed by atoms with van der Waals surface area (Å²) in [5.41, 5.74) is 2.51. The Balaban J connectivity index is 1.83. The van der Waals surface area contributed by atoms with E-state index in [1.165, 1.54) is 11.3 Å². The van der Waals surface area contributed by atoms with E-state index in [1.54, 1.807) is 6.20 Å². The Morgan fingerprint density at radius 1 is 1.27 bits per heavy atom. The van der Waals surface area contributed by atoms with Crippen LogP contribution in [-0.4, -0.2) is 9.55 Å². The molecule has 2 aromatic heterocycles. The minimum Gasteiger partial charge on any atom is -0.353 e. The lowest BCUT2D eigenvalue weighted by molar-refractivity contribution is 0.654. The van der Waals surface area contributed by atoms with Gasteiger partial charge < -0.3 is 9.88 Å². The van der Waals surface area contributed by atoms with Crippen LogP contribution >= 0.6 is 0 Å². The molecule has 0 radical (unpaired) electrons. The normalized spacial score (nSPS) is 10.5. The third kappa shape index (κ3) is 2.67. The molecule has 0 unspecified atom stereocenters. The summed E-state index contributed by atoms with van der Waals surface area (Å²) < 4.78 is 2.12. The molecule has 0 aliphatic rings. The predicted molar refractivity (Wildman–Crippen MR) is 60.2 cm³/mol. The summed E-state index contributed by atoms with van der Waals surface area (Å²) in [4.78, 5) is 4.07. The van der Waals surface area contributed by atoms with Crippen LogP contribution in [0.25, 0.3) is 0 Å². The lowest BCUT2D eigenvalue weighted by Crippen LogP contribution is -2.14. The van der Waals surface area contributed by atoms with Gasteiger partial charge in [-0.15, -0.1) is 0 Å². The largest absolute Gasteiger partial charge is 0.353 e. The highest BCUT2D eigenvalue weighted by atomic mass is 15.0. The molecule has 2 rings (SSSR count). The first kappa shape index (κ1) is 9.93. The maximum Gasteiger partial charge on any atom is 0.0362 e. The van der Waals surface area contributed by atoms with E-state index in [-0.39, 0.29) is 0 Å². The van der Waals surface area contributed by atoms with Gasteiger partial charge in [-0.1, -0.05) is 6.07 Å². The third-order valence-corrected chi connectivity index (χ3v) is 2.41. The van der Waals surface area contributed by atoms with E-state index in [1.807, 2.05) is 12.3 Å². The molecule has 0 saturated carbocycles.